The third-order valence-electron chi connectivity index (χ3n) is 10.8. The Kier molecular flexibility index (Phi) is 18.4. The number of carbonyl (C=O) groups is 2. The number of carbonyl (C=O) groups excluding carboxylic acids is 2. The molecule has 3 N–H and O–H groups in total. The molecule has 0 bridgehead atoms. The Morgan fingerprint density at radius 3 is 2.10 bits per heavy atom. The molecule has 12 heteroatoms. The number of unbranched alkanes of at least 4 members (excludes halogenated alkanes) is 1. The van der Waals surface area contributed by atoms with Crippen LogP contribution in [0.25, 0.3) is 0 Å². The van der Waals surface area contributed by atoms with Crippen molar-refractivity contribution in [2.24, 2.45) is 29.6 Å². The van der Waals surface area contributed by atoms with Crippen LogP contribution in [0.15, 0.2) is 0 Å². The van der Waals surface area contributed by atoms with Gasteiger partial charge in [0.25, 0.3) is 0 Å². The van der Waals surface area contributed by atoms with Crippen LogP contribution in [0.2, 0.25) is 0 Å². The molecule has 3 aliphatic carbocycles. The second-order valence-electron chi connectivity index (χ2n) is 15.4. The van der Waals surface area contributed by atoms with Gasteiger partial charge in [-0.2, -0.15) is 0 Å². The van der Waals surface area contributed by atoms with Crippen LogP contribution in [0.4, 0.5) is 8.78 Å². The van der Waals surface area contributed by atoms with Gasteiger partial charge >= 0.3 is 0 Å². The summed E-state index contributed by atoms with van der Waals surface area (Å²) >= 11 is 0. The number of rotatable bonds is 19. The summed E-state index contributed by atoms with van der Waals surface area (Å²) in [6.45, 7) is 9.43. The summed E-state index contributed by atoms with van der Waals surface area (Å²) in [5, 5.41) is 16.3. The molecular formula is C38H66F2N4O5S. The van der Waals surface area contributed by atoms with Gasteiger partial charge in [-0.25, -0.2) is 22.2 Å². The second-order valence-corrected chi connectivity index (χ2v) is 17.1. The number of aliphatic hydroxyl groups excluding tert-OH is 1. The Morgan fingerprint density at radius 2 is 1.50 bits per heavy atom. The van der Waals surface area contributed by atoms with Gasteiger partial charge in [0.2, 0.25) is 21.8 Å². The van der Waals surface area contributed by atoms with Crippen molar-refractivity contribution in [1.29, 1.82) is 0 Å². The average molecular weight is 729 g/mol. The molecule has 0 aromatic rings. The van der Waals surface area contributed by atoms with Crippen molar-refractivity contribution in [1.82, 2.24) is 20.1 Å². The fraction of sp³-hybridized carbons (Fsp3) is 0.895. The number of hydrogen-bond acceptors (Lipinski definition) is 6. The largest absolute Gasteiger partial charge is 0.390 e. The molecule has 0 saturated heterocycles. The lowest BCUT2D eigenvalue weighted by molar-refractivity contribution is -0.139. The lowest BCUT2D eigenvalue weighted by Gasteiger charge is -2.37. The summed E-state index contributed by atoms with van der Waals surface area (Å²) in [6.07, 6.45) is 6.07. The fourth-order valence-corrected chi connectivity index (χ4v) is 10.0. The standard InChI is InChI=1S/C38H66F2N4O5S/c1-5-9-18-44(42-50(48,49)27-28-14-11-10-12-15-28)26-36(45)35(23-30-21-33(39)25-34(40)22-30)41-37(46)31-19-29(13-6-2)20-32(24-31)38(47)43(16-7-3)17-8-4/h28-36,42,45H,5,7-12,14-27H2,1-4H3,(H,41,46). The SMILES string of the molecule is CC#CC1CC(C(=O)NC(CC2CC(F)CC(F)C2)C(O)CN(CCCC)NS(=O)(=O)CC2CCCCC2)CC(C(=O)N(CCC)CCC)C1. The van der Waals surface area contributed by atoms with E-state index in [-0.39, 0.29) is 67.5 Å². The van der Waals surface area contributed by atoms with Gasteiger partial charge in [-0.05, 0) is 89.4 Å². The molecular weight excluding hydrogens is 663 g/mol. The highest BCUT2D eigenvalue weighted by atomic mass is 32.2. The van der Waals surface area contributed by atoms with Gasteiger partial charge in [0, 0.05) is 50.4 Å². The van der Waals surface area contributed by atoms with Gasteiger partial charge in [-0.15, -0.1) is 16.7 Å². The van der Waals surface area contributed by atoms with Crippen molar-refractivity contribution in [2.75, 3.05) is 31.9 Å². The molecule has 3 saturated carbocycles. The van der Waals surface area contributed by atoms with Gasteiger partial charge in [0.1, 0.15) is 12.3 Å². The molecule has 9 nitrogen and oxygen atoms in total. The van der Waals surface area contributed by atoms with E-state index in [0.29, 0.717) is 45.3 Å². The third kappa shape index (κ3) is 14.3. The Morgan fingerprint density at radius 1 is 0.860 bits per heavy atom. The van der Waals surface area contributed by atoms with Gasteiger partial charge in [0.05, 0.1) is 17.9 Å². The quantitative estimate of drug-likeness (QED) is 0.112. The lowest BCUT2D eigenvalue weighted by atomic mass is 9.74. The van der Waals surface area contributed by atoms with E-state index in [1.165, 1.54) is 5.01 Å². The zero-order valence-corrected chi connectivity index (χ0v) is 32.0. The maximum absolute atomic E-state index is 14.5. The first-order chi connectivity index (χ1) is 23.9. The molecule has 0 heterocycles. The van der Waals surface area contributed by atoms with Crippen LogP contribution in [-0.4, -0.2) is 91.7 Å². The van der Waals surface area contributed by atoms with Crippen molar-refractivity contribution < 1.29 is 31.9 Å². The zero-order valence-electron chi connectivity index (χ0n) is 31.2. The van der Waals surface area contributed by atoms with E-state index in [2.05, 4.69) is 22.0 Å². The van der Waals surface area contributed by atoms with E-state index in [4.69, 9.17) is 0 Å². The van der Waals surface area contributed by atoms with Crippen LogP contribution in [0.1, 0.15) is 130 Å². The van der Waals surface area contributed by atoms with Crippen LogP contribution in [0.3, 0.4) is 0 Å². The summed E-state index contributed by atoms with van der Waals surface area (Å²) in [5.41, 5.74) is 0. The van der Waals surface area contributed by atoms with Crippen LogP contribution in [-0.2, 0) is 19.6 Å². The smallest absolute Gasteiger partial charge is 0.225 e. The van der Waals surface area contributed by atoms with E-state index in [1.54, 1.807) is 6.92 Å². The lowest BCUT2D eigenvalue weighted by Crippen LogP contribution is -2.55. The minimum atomic E-state index is -3.68. The highest BCUT2D eigenvalue weighted by Gasteiger charge is 2.39. The molecule has 2 amide bonds. The van der Waals surface area contributed by atoms with Crippen LogP contribution < -0.4 is 10.1 Å². The Balaban J connectivity index is 1.80. The molecule has 0 aromatic heterocycles. The normalized spacial score (nSPS) is 27.6. The van der Waals surface area contributed by atoms with Gasteiger partial charge in [-0.1, -0.05) is 46.5 Å². The molecule has 3 rings (SSSR count). The second kappa shape index (κ2) is 21.7. The minimum absolute atomic E-state index is 0.0288. The van der Waals surface area contributed by atoms with Gasteiger partial charge in [0.15, 0.2) is 0 Å². The van der Waals surface area contributed by atoms with Crippen LogP contribution >= 0.6 is 0 Å². The molecule has 0 aliphatic heterocycles. The topological polar surface area (TPSA) is 119 Å². The molecule has 0 radical (unpaired) electrons. The maximum Gasteiger partial charge on any atom is 0.225 e. The summed E-state index contributed by atoms with van der Waals surface area (Å²) in [7, 11) is -3.68. The average Bonchev–Trinajstić information content (AvgIpc) is 3.06. The highest BCUT2D eigenvalue weighted by molar-refractivity contribution is 7.89. The molecule has 7 unspecified atom stereocenters. The summed E-state index contributed by atoms with van der Waals surface area (Å²) in [4.78, 5) is 32.3. The van der Waals surface area contributed by atoms with Gasteiger partial charge < -0.3 is 15.3 Å². The number of sulfonamides is 1. The van der Waals surface area contributed by atoms with E-state index >= 15 is 0 Å². The van der Waals surface area contributed by atoms with Crippen molar-refractivity contribution in [2.45, 2.75) is 155 Å². The van der Waals surface area contributed by atoms with Crippen LogP contribution in [0, 0.1) is 41.4 Å². The first-order valence-corrected chi connectivity index (χ1v) is 21.3. The molecule has 0 spiro atoms. The predicted molar refractivity (Wildman–Crippen MR) is 195 cm³/mol. The maximum atomic E-state index is 14.5. The van der Waals surface area contributed by atoms with Crippen molar-refractivity contribution >= 4 is 21.8 Å². The summed E-state index contributed by atoms with van der Waals surface area (Å²) < 4.78 is 55.5. The van der Waals surface area contributed by atoms with Crippen molar-refractivity contribution in [3.63, 3.8) is 0 Å². The Bertz CT molecular complexity index is 1190. The number of alkyl halides is 2. The van der Waals surface area contributed by atoms with Crippen LogP contribution in [0.5, 0.6) is 0 Å². The molecule has 0 aromatic carbocycles. The Labute approximate surface area is 301 Å². The third-order valence-corrected chi connectivity index (χ3v) is 12.2. The zero-order chi connectivity index (χ0) is 36.7. The molecule has 50 heavy (non-hydrogen) atoms. The number of hydrazine groups is 1. The van der Waals surface area contributed by atoms with Crippen molar-refractivity contribution in [3.8, 4) is 11.8 Å². The van der Waals surface area contributed by atoms with Crippen molar-refractivity contribution in [3.05, 3.63) is 0 Å². The number of nitrogens with zero attached hydrogens (tertiary/aromatic N) is 2. The molecule has 3 aliphatic rings. The van der Waals surface area contributed by atoms with Gasteiger partial charge in [-0.3, -0.25) is 9.59 Å². The monoisotopic (exact) mass is 728 g/mol. The first-order valence-electron chi connectivity index (χ1n) is 19.6. The molecule has 7 atom stereocenters. The highest BCUT2D eigenvalue weighted by Crippen LogP contribution is 2.36. The number of aliphatic hydroxyl groups is 1. The predicted octanol–water partition coefficient (Wildman–Crippen LogP) is 5.92. The van der Waals surface area contributed by atoms with E-state index < -0.39 is 46.3 Å². The number of halogens is 2. The summed E-state index contributed by atoms with van der Waals surface area (Å²) in [6, 6.07) is -0.861. The number of hydrogen-bond donors (Lipinski definition) is 3. The van der Waals surface area contributed by atoms with E-state index in [1.807, 2.05) is 25.7 Å². The van der Waals surface area contributed by atoms with E-state index in [0.717, 1.165) is 51.4 Å². The molecule has 3 fully saturated rings. The number of amides is 2. The Hall–Kier alpha value is -1.81. The van der Waals surface area contributed by atoms with E-state index in [9.17, 15) is 31.9 Å². The number of nitrogens with one attached hydrogen (secondary N) is 2. The fourth-order valence-electron chi connectivity index (χ4n) is 8.42. The molecule has 288 valence electrons. The summed E-state index contributed by atoms with van der Waals surface area (Å²) in [5.74, 6) is 4.62. The first kappa shape index (κ1) is 42.6. The minimum Gasteiger partial charge on any atom is -0.390 e.